The number of fused-ring (bicyclic) bond motifs is 1. The Hall–Kier alpha value is -0.280. The average molecular weight is 287 g/mol. The monoisotopic (exact) mass is 286 g/mol. The summed E-state index contributed by atoms with van der Waals surface area (Å²) in [6, 6.07) is 0.460. The zero-order chi connectivity index (χ0) is 12.5. The molecule has 3 aliphatic rings. The number of hydrogen-bond acceptors (Lipinski definition) is 2. The Morgan fingerprint density at radius 1 is 1.05 bits per heavy atom. The van der Waals surface area contributed by atoms with E-state index in [0.29, 0.717) is 17.9 Å². The second kappa shape index (κ2) is 6.45. The molecule has 3 rings (SSSR count). The predicted octanol–water partition coefficient (Wildman–Crippen LogP) is 2.44. The van der Waals surface area contributed by atoms with E-state index in [2.05, 4.69) is 5.32 Å². The number of amides is 1. The van der Waals surface area contributed by atoms with Crippen molar-refractivity contribution in [3.63, 3.8) is 0 Å². The number of hydrogen-bond donors (Lipinski definition) is 1. The summed E-state index contributed by atoms with van der Waals surface area (Å²) in [7, 11) is 2.00. The van der Waals surface area contributed by atoms with Gasteiger partial charge in [0.05, 0.1) is 6.04 Å². The Morgan fingerprint density at radius 2 is 1.74 bits per heavy atom. The SMILES string of the molecule is CN(C(=O)C1CCC2CCCCC2C1)C1CNC1.Cl. The van der Waals surface area contributed by atoms with Gasteiger partial charge in [-0.3, -0.25) is 4.79 Å². The third-order valence-electron chi connectivity index (χ3n) is 5.54. The molecular weight excluding hydrogens is 260 g/mol. The molecule has 2 saturated carbocycles. The van der Waals surface area contributed by atoms with Crippen LogP contribution in [0.25, 0.3) is 0 Å². The lowest BCUT2D eigenvalue weighted by molar-refractivity contribution is -0.139. The molecule has 19 heavy (non-hydrogen) atoms. The summed E-state index contributed by atoms with van der Waals surface area (Å²) in [5, 5.41) is 3.25. The van der Waals surface area contributed by atoms with E-state index in [1.807, 2.05) is 11.9 Å². The number of nitrogens with one attached hydrogen (secondary N) is 1. The fourth-order valence-corrected chi connectivity index (χ4v) is 4.11. The minimum absolute atomic E-state index is 0. The molecule has 3 unspecified atom stereocenters. The molecule has 1 aliphatic heterocycles. The van der Waals surface area contributed by atoms with Crippen molar-refractivity contribution < 1.29 is 4.79 Å². The van der Waals surface area contributed by atoms with E-state index in [9.17, 15) is 4.79 Å². The summed E-state index contributed by atoms with van der Waals surface area (Å²) >= 11 is 0. The maximum absolute atomic E-state index is 12.5. The minimum atomic E-state index is 0. The molecule has 0 aromatic carbocycles. The molecule has 1 N–H and O–H groups in total. The molecule has 0 bridgehead atoms. The van der Waals surface area contributed by atoms with Crippen LogP contribution in [0, 0.1) is 17.8 Å². The molecule has 2 aliphatic carbocycles. The molecule has 110 valence electrons. The van der Waals surface area contributed by atoms with Crippen molar-refractivity contribution in [1.29, 1.82) is 0 Å². The summed E-state index contributed by atoms with van der Waals surface area (Å²) in [5.41, 5.74) is 0. The van der Waals surface area contributed by atoms with E-state index in [0.717, 1.165) is 31.3 Å². The van der Waals surface area contributed by atoms with E-state index < -0.39 is 0 Å². The molecule has 0 aromatic heterocycles. The highest BCUT2D eigenvalue weighted by Gasteiger charge is 2.37. The van der Waals surface area contributed by atoms with Gasteiger partial charge in [-0.05, 0) is 31.1 Å². The van der Waals surface area contributed by atoms with E-state index in [1.54, 1.807) is 0 Å². The second-order valence-corrected chi connectivity index (χ2v) is 6.58. The summed E-state index contributed by atoms with van der Waals surface area (Å²) in [4.78, 5) is 14.5. The van der Waals surface area contributed by atoms with Crippen molar-refractivity contribution >= 4 is 18.3 Å². The quantitative estimate of drug-likeness (QED) is 0.846. The number of carbonyl (C=O) groups excluding carboxylic acids is 1. The zero-order valence-corrected chi connectivity index (χ0v) is 12.8. The fraction of sp³-hybridized carbons (Fsp3) is 0.933. The van der Waals surface area contributed by atoms with E-state index in [4.69, 9.17) is 0 Å². The van der Waals surface area contributed by atoms with Crippen LogP contribution < -0.4 is 5.32 Å². The van der Waals surface area contributed by atoms with Crippen molar-refractivity contribution in [2.45, 2.75) is 51.0 Å². The Bertz CT molecular complexity index is 319. The van der Waals surface area contributed by atoms with Crippen LogP contribution in [0.5, 0.6) is 0 Å². The normalized spacial score (nSPS) is 34.7. The zero-order valence-electron chi connectivity index (χ0n) is 11.9. The van der Waals surface area contributed by atoms with Crippen LogP contribution >= 0.6 is 12.4 Å². The molecule has 0 radical (unpaired) electrons. The molecule has 3 nitrogen and oxygen atoms in total. The van der Waals surface area contributed by atoms with E-state index >= 15 is 0 Å². The Labute approximate surface area is 122 Å². The molecule has 1 heterocycles. The van der Waals surface area contributed by atoms with Gasteiger partial charge in [0, 0.05) is 26.1 Å². The van der Waals surface area contributed by atoms with Gasteiger partial charge in [-0.1, -0.05) is 25.7 Å². The van der Waals surface area contributed by atoms with Crippen molar-refractivity contribution in [2.24, 2.45) is 17.8 Å². The summed E-state index contributed by atoms with van der Waals surface area (Å²) in [6.45, 7) is 1.97. The molecule has 4 heteroatoms. The second-order valence-electron chi connectivity index (χ2n) is 6.58. The van der Waals surface area contributed by atoms with Crippen LogP contribution in [0.2, 0.25) is 0 Å². The minimum Gasteiger partial charge on any atom is -0.340 e. The van der Waals surface area contributed by atoms with E-state index in [-0.39, 0.29) is 12.4 Å². The van der Waals surface area contributed by atoms with Crippen LogP contribution in [0.3, 0.4) is 0 Å². The first-order valence-electron chi connectivity index (χ1n) is 7.73. The molecule has 3 atom stereocenters. The van der Waals surface area contributed by atoms with Crippen LogP contribution in [0.15, 0.2) is 0 Å². The summed E-state index contributed by atoms with van der Waals surface area (Å²) in [6.07, 6.45) is 9.24. The maximum Gasteiger partial charge on any atom is 0.225 e. The summed E-state index contributed by atoms with van der Waals surface area (Å²) in [5.74, 6) is 2.55. The molecule has 1 amide bonds. The first-order chi connectivity index (χ1) is 8.75. The van der Waals surface area contributed by atoms with Gasteiger partial charge in [-0.25, -0.2) is 0 Å². The number of nitrogens with zero attached hydrogens (tertiary/aromatic N) is 1. The largest absolute Gasteiger partial charge is 0.340 e. The lowest BCUT2D eigenvalue weighted by Crippen LogP contribution is -2.58. The number of carbonyl (C=O) groups is 1. The predicted molar refractivity (Wildman–Crippen MR) is 79.5 cm³/mol. The lowest BCUT2D eigenvalue weighted by Gasteiger charge is -2.42. The number of rotatable bonds is 2. The number of halogens is 1. The molecule has 0 spiro atoms. The van der Waals surface area contributed by atoms with Gasteiger partial charge in [0.15, 0.2) is 0 Å². The van der Waals surface area contributed by atoms with Crippen molar-refractivity contribution in [1.82, 2.24) is 10.2 Å². The fourth-order valence-electron chi connectivity index (χ4n) is 4.11. The smallest absolute Gasteiger partial charge is 0.225 e. The van der Waals surface area contributed by atoms with Crippen molar-refractivity contribution in [2.75, 3.05) is 20.1 Å². The van der Waals surface area contributed by atoms with Crippen molar-refractivity contribution in [3.05, 3.63) is 0 Å². The van der Waals surface area contributed by atoms with Gasteiger partial charge in [0.25, 0.3) is 0 Å². The third kappa shape index (κ3) is 3.08. The molecule has 1 saturated heterocycles. The Balaban J connectivity index is 0.00000133. The highest BCUT2D eigenvalue weighted by molar-refractivity contribution is 5.85. The van der Waals surface area contributed by atoms with E-state index in [1.165, 1.54) is 38.5 Å². The molecule has 0 aromatic rings. The van der Waals surface area contributed by atoms with Gasteiger partial charge in [-0.15, -0.1) is 12.4 Å². The first kappa shape index (κ1) is 15.1. The van der Waals surface area contributed by atoms with Crippen molar-refractivity contribution in [3.8, 4) is 0 Å². The van der Waals surface area contributed by atoms with Gasteiger partial charge in [-0.2, -0.15) is 0 Å². The Kier molecular flexibility index (Phi) is 5.13. The van der Waals surface area contributed by atoms with Crippen LogP contribution in [0.4, 0.5) is 0 Å². The maximum atomic E-state index is 12.5. The van der Waals surface area contributed by atoms with Crippen LogP contribution in [0.1, 0.15) is 44.9 Å². The van der Waals surface area contributed by atoms with Gasteiger partial charge in [0.1, 0.15) is 0 Å². The topological polar surface area (TPSA) is 32.3 Å². The van der Waals surface area contributed by atoms with Gasteiger partial charge in [0.2, 0.25) is 5.91 Å². The molecule has 3 fully saturated rings. The number of likely N-dealkylation sites (N-methyl/N-ethyl adjacent to an activating group) is 1. The van der Waals surface area contributed by atoms with Crippen LogP contribution in [-0.2, 0) is 4.79 Å². The summed E-state index contributed by atoms with van der Waals surface area (Å²) < 4.78 is 0. The highest BCUT2D eigenvalue weighted by Crippen LogP contribution is 2.43. The lowest BCUT2D eigenvalue weighted by atomic mass is 9.67. The third-order valence-corrected chi connectivity index (χ3v) is 5.54. The molecular formula is C15H27ClN2O. The van der Waals surface area contributed by atoms with Gasteiger partial charge < -0.3 is 10.2 Å². The highest BCUT2D eigenvalue weighted by atomic mass is 35.5. The Morgan fingerprint density at radius 3 is 2.37 bits per heavy atom. The van der Waals surface area contributed by atoms with Gasteiger partial charge >= 0.3 is 0 Å². The first-order valence-corrected chi connectivity index (χ1v) is 7.73. The average Bonchev–Trinajstić information content (AvgIpc) is 2.35. The standard InChI is InChI=1S/C15H26N2O.ClH/c1-17(14-9-16-10-14)15(18)13-7-6-11-4-2-3-5-12(11)8-13;/h11-14,16H,2-10H2,1H3;1H. The van der Waals surface area contributed by atoms with Crippen LogP contribution in [-0.4, -0.2) is 37.0 Å².